The number of ether oxygens (including phenoxy) is 3. The maximum Gasteiger partial charge on any atom is 0.225 e. The number of anilines is 1. The maximum absolute atomic E-state index is 12.0. The highest BCUT2D eigenvalue weighted by Gasteiger charge is 2.24. The Balaban J connectivity index is 1.42. The molecule has 3 N–H and O–H groups in total. The fourth-order valence-electron chi connectivity index (χ4n) is 3.46. The molecule has 166 valence electrons. The van der Waals surface area contributed by atoms with Gasteiger partial charge in [0, 0.05) is 56.4 Å². The Hall–Kier alpha value is -3.42. The quantitative estimate of drug-likeness (QED) is 0.324. The van der Waals surface area contributed by atoms with Gasteiger partial charge in [-0.3, -0.25) is 9.79 Å². The Bertz CT molecular complexity index is 894. The molecule has 1 heterocycles. The first kappa shape index (κ1) is 22.3. The fourth-order valence-corrected chi connectivity index (χ4v) is 3.46. The van der Waals surface area contributed by atoms with Crippen molar-refractivity contribution in [1.82, 2.24) is 10.6 Å². The number of benzene rings is 2. The van der Waals surface area contributed by atoms with E-state index in [-0.39, 0.29) is 11.8 Å². The number of rotatable bonds is 9. The molecule has 1 aliphatic rings. The molecule has 8 nitrogen and oxygen atoms in total. The van der Waals surface area contributed by atoms with Crippen molar-refractivity contribution in [2.24, 2.45) is 4.99 Å². The monoisotopic (exact) mass is 426 g/mol. The molecule has 1 aliphatic heterocycles. The number of carbonyl (C=O) groups is 1. The van der Waals surface area contributed by atoms with Crippen molar-refractivity contribution in [1.29, 1.82) is 0 Å². The van der Waals surface area contributed by atoms with E-state index in [4.69, 9.17) is 14.2 Å². The summed E-state index contributed by atoms with van der Waals surface area (Å²) < 4.78 is 16.3. The maximum atomic E-state index is 12.0. The minimum absolute atomic E-state index is 0.0415. The van der Waals surface area contributed by atoms with E-state index in [1.165, 1.54) is 0 Å². The molecular formula is C23H30N4O4. The van der Waals surface area contributed by atoms with Gasteiger partial charge in [-0.25, -0.2) is 0 Å². The number of guanidine groups is 1. The second-order valence-corrected chi connectivity index (χ2v) is 7.17. The Morgan fingerprint density at radius 2 is 1.81 bits per heavy atom. The normalized spacial score (nSPS) is 15.5. The molecule has 0 saturated heterocycles. The molecule has 0 bridgehead atoms. The van der Waals surface area contributed by atoms with Gasteiger partial charge in [-0.1, -0.05) is 18.2 Å². The summed E-state index contributed by atoms with van der Waals surface area (Å²) >= 11 is 0. The second-order valence-electron chi connectivity index (χ2n) is 7.17. The molecule has 31 heavy (non-hydrogen) atoms. The molecule has 0 aliphatic carbocycles. The predicted molar refractivity (Wildman–Crippen MR) is 121 cm³/mol. The number of amides is 1. The standard InChI is InChI=1S/C23H30N4O4/c1-24-23(26-15-16-11-22(28)27-21-8-5-4-7-20(16)21)25-9-6-10-31-19-13-17(29-2)12-18(14-19)30-3/h4-5,7-8,12-14,16H,6,9-11,15H2,1-3H3,(H,27,28)(H2,24,25,26). The van der Waals surface area contributed by atoms with Gasteiger partial charge in [-0.05, 0) is 18.1 Å². The van der Waals surface area contributed by atoms with Crippen LogP contribution in [0.4, 0.5) is 5.69 Å². The van der Waals surface area contributed by atoms with Gasteiger partial charge in [0.15, 0.2) is 5.96 Å². The minimum Gasteiger partial charge on any atom is -0.496 e. The zero-order chi connectivity index (χ0) is 22.1. The van der Waals surface area contributed by atoms with Crippen LogP contribution in [0, 0.1) is 0 Å². The van der Waals surface area contributed by atoms with Gasteiger partial charge in [-0.2, -0.15) is 0 Å². The Morgan fingerprint density at radius 1 is 1.10 bits per heavy atom. The minimum atomic E-state index is 0.0415. The van der Waals surface area contributed by atoms with Gasteiger partial charge >= 0.3 is 0 Å². The van der Waals surface area contributed by atoms with Crippen molar-refractivity contribution in [2.45, 2.75) is 18.8 Å². The lowest BCUT2D eigenvalue weighted by molar-refractivity contribution is -0.116. The lowest BCUT2D eigenvalue weighted by Gasteiger charge is -2.26. The number of nitrogens with one attached hydrogen (secondary N) is 3. The van der Waals surface area contributed by atoms with Gasteiger partial charge in [0.05, 0.1) is 20.8 Å². The Kier molecular flexibility index (Phi) is 7.98. The van der Waals surface area contributed by atoms with E-state index in [9.17, 15) is 4.79 Å². The first-order chi connectivity index (χ1) is 15.1. The van der Waals surface area contributed by atoms with Crippen LogP contribution in [0.3, 0.4) is 0 Å². The zero-order valence-corrected chi connectivity index (χ0v) is 18.2. The van der Waals surface area contributed by atoms with Gasteiger partial charge in [0.25, 0.3) is 0 Å². The van der Waals surface area contributed by atoms with Crippen molar-refractivity contribution >= 4 is 17.6 Å². The molecule has 2 aromatic carbocycles. The SMILES string of the molecule is CN=C(NCCCOc1cc(OC)cc(OC)c1)NCC1CC(=O)Nc2ccccc21. The van der Waals surface area contributed by atoms with Crippen LogP contribution in [0.5, 0.6) is 17.2 Å². The van der Waals surface area contributed by atoms with E-state index in [0.29, 0.717) is 49.3 Å². The van der Waals surface area contributed by atoms with E-state index in [2.05, 4.69) is 27.0 Å². The van der Waals surface area contributed by atoms with Gasteiger partial charge in [0.1, 0.15) is 17.2 Å². The first-order valence-corrected chi connectivity index (χ1v) is 10.3. The Labute approximate surface area is 183 Å². The summed E-state index contributed by atoms with van der Waals surface area (Å²) in [5, 5.41) is 9.53. The average Bonchev–Trinajstić information content (AvgIpc) is 2.80. The highest BCUT2D eigenvalue weighted by Crippen LogP contribution is 2.31. The third kappa shape index (κ3) is 6.28. The van der Waals surface area contributed by atoms with Gasteiger partial charge in [-0.15, -0.1) is 0 Å². The molecule has 1 unspecified atom stereocenters. The van der Waals surface area contributed by atoms with Crippen LogP contribution in [0.15, 0.2) is 47.5 Å². The lowest BCUT2D eigenvalue weighted by Crippen LogP contribution is -2.41. The van der Waals surface area contributed by atoms with E-state index in [0.717, 1.165) is 17.7 Å². The van der Waals surface area contributed by atoms with Crippen LogP contribution < -0.4 is 30.2 Å². The van der Waals surface area contributed by atoms with Crippen LogP contribution >= 0.6 is 0 Å². The summed E-state index contributed by atoms with van der Waals surface area (Å²) in [6.07, 6.45) is 1.24. The van der Waals surface area contributed by atoms with Crippen LogP contribution in [0.1, 0.15) is 24.3 Å². The fraction of sp³-hybridized carbons (Fsp3) is 0.391. The highest BCUT2D eigenvalue weighted by molar-refractivity contribution is 5.94. The summed E-state index contributed by atoms with van der Waals surface area (Å²) in [5.74, 6) is 2.93. The van der Waals surface area contributed by atoms with Crippen LogP contribution in [-0.4, -0.2) is 52.8 Å². The molecule has 0 radical (unpaired) electrons. The molecule has 0 aromatic heterocycles. The number of fused-ring (bicyclic) bond motifs is 1. The molecular weight excluding hydrogens is 396 g/mol. The number of nitrogens with zero attached hydrogens (tertiary/aromatic N) is 1. The van der Waals surface area contributed by atoms with Crippen molar-refractivity contribution in [2.75, 3.05) is 46.3 Å². The first-order valence-electron chi connectivity index (χ1n) is 10.3. The molecule has 3 rings (SSSR count). The van der Waals surface area contributed by atoms with Crippen molar-refractivity contribution in [3.05, 3.63) is 48.0 Å². The number of carbonyl (C=O) groups excluding carboxylic acids is 1. The van der Waals surface area contributed by atoms with Crippen LogP contribution in [0.25, 0.3) is 0 Å². The summed E-state index contributed by atoms with van der Waals surface area (Å²) in [4.78, 5) is 16.2. The molecule has 0 fully saturated rings. The summed E-state index contributed by atoms with van der Waals surface area (Å²) in [5.41, 5.74) is 2.03. The van der Waals surface area contributed by atoms with Crippen LogP contribution in [0.2, 0.25) is 0 Å². The zero-order valence-electron chi connectivity index (χ0n) is 18.2. The second kappa shape index (κ2) is 11.1. The van der Waals surface area contributed by atoms with Gasteiger partial charge < -0.3 is 30.2 Å². The third-order valence-electron chi connectivity index (χ3n) is 5.05. The van der Waals surface area contributed by atoms with E-state index in [1.54, 1.807) is 27.3 Å². The summed E-state index contributed by atoms with van der Waals surface area (Å²) in [6, 6.07) is 13.4. The Morgan fingerprint density at radius 3 is 2.52 bits per heavy atom. The summed E-state index contributed by atoms with van der Waals surface area (Å²) in [7, 11) is 4.95. The topological polar surface area (TPSA) is 93.2 Å². The number of hydrogen-bond donors (Lipinski definition) is 3. The molecule has 1 amide bonds. The third-order valence-corrected chi connectivity index (χ3v) is 5.05. The predicted octanol–water partition coefficient (Wildman–Crippen LogP) is 2.76. The highest BCUT2D eigenvalue weighted by atomic mass is 16.5. The van der Waals surface area contributed by atoms with Gasteiger partial charge in [0.2, 0.25) is 5.91 Å². The lowest BCUT2D eigenvalue weighted by atomic mass is 9.90. The van der Waals surface area contributed by atoms with Crippen LogP contribution in [-0.2, 0) is 4.79 Å². The smallest absolute Gasteiger partial charge is 0.225 e. The average molecular weight is 427 g/mol. The van der Waals surface area contributed by atoms with Crippen molar-refractivity contribution in [3.63, 3.8) is 0 Å². The number of hydrogen-bond acceptors (Lipinski definition) is 5. The van der Waals surface area contributed by atoms with Crippen molar-refractivity contribution < 1.29 is 19.0 Å². The molecule has 0 spiro atoms. The molecule has 0 saturated carbocycles. The number of para-hydroxylation sites is 1. The molecule has 8 heteroatoms. The largest absolute Gasteiger partial charge is 0.496 e. The number of methoxy groups -OCH3 is 2. The molecule has 1 atom stereocenters. The van der Waals surface area contributed by atoms with Crippen molar-refractivity contribution in [3.8, 4) is 17.2 Å². The number of aliphatic imine (C=N–C) groups is 1. The van der Waals surface area contributed by atoms with E-state index < -0.39 is 0 Å². The summed E-state index contributed by atoms with van der Waals surface area (Å²) in [6.45, 7) is 1.86. The van der Waals surface area contributed by atoms with E-state index >= 15 is 0 Å². The molecule has 2 aromatic rings. The van der Waals surface area contributed by atoms with E-state index in [1.807, 2.05) is 30.3 Å².